The van der Waals surface area contributed by atoms with Crippen LogP contribution in [0.2, 0.25) is 0 Å². The van der Waals surface area contributed by atoms with E-state index < -0.39 is 49.3 Å². The highest BCUT2D eigenvalue weighted by atomic mass is 31.2. The molecule has 1 aliphatic carbocycles. The lowest BCUT2D eigenvalue weighted by molar-refractivity contribution is -0.146. The third-order valence-electron chi connectivity index (χ3n) is 8.15. The molecule has 0 spiro atoms. The van der Waals surface area contributed by atoms with E-state index in [1.807, 2.05) is 19.9 Å². The Morgan fingerprint density at radius 3 is 2.61 bits per heavy atom. The van der Waals surface area contributed by atoms with Crippen LogP contribution in [0.4, 0.5) is 5.82 Å². The summed E-state index contributed by atoms with van der Waals surface area (Å²) in [7, 11) is -0.838. The molecule has 3 aromatic rings. The number of fused-ring (bicyclic) bond motifs is 2. The molecule has 0 radical (unpaired) electrons. The van der Waals surface area contributed by atoms with Crippen molar-refractivity contribution in [3.05, 3.63) is 54.5 Å². The number of carbonyl (C=O) groups excluding carboxylic acids is 1. The number of aromatic nitrogens is 3. The number of aliphatic imine (C=N–C) groups is 1. The average Bonchev–Trinajstić information content (AvgIpc) is 3.30. The average molecular weight is 656 g/mol. The van der Waals surface area contributed by atoms with Gasteiger partial charge in [-0.05, 0) is 37.1 Å². The van der Waals surface area contributed by atoms with Gasteiger partial charge < -0.3 is 29.1 Å². The first-order chi connectivity index (χ1) is 21.9. The van der Waals surface area contributed by atoms with E-state index in [0.29, 0.717) is 11.3 Å². The van der Waals surface area contributed by atoms with Gasteiger partial charge in [-0.15, -0.1) is 0 Å². The van der Waals surface area contributed by atoms with Crippen molar-refractivity contribution in [1.29, 1.82) is 5.26 Å². The fraction of sp³-hybridized carbons (Fsp3) is 0.500. The van der Waals surface area contributed by atoms with Crippen molar-refractivity contribution in [2.24, 2.45) is 10.9 Å². The molecule has 3 N–H and O–H groups in total. The fourth-order valence-electron chi connectivity index (χ4n) is 5.33. The second-order valence-electron chi connectivity index (χ2n) is 11.6. The highest BCUT2D eigenvalue weighted by Crippen LogP contribution is 2.63. The second kappa shape index (κ2) is 13.1. The van der Waals surface area contributed by atoms with Crippen LogP contribution in [0, 0.1) is 17.2 Å². The Morgan fingerprint density at radius 2 is 2.00 bits per heavy atom. The van der Waals surface area contributed by atoms with Gasteiger partial charge in [0, 0.05) is 14.1 Å². The number of aliphatic hydroxyl groups is 2. The van der Waals surface area contributed by atoms with Crippen molar-refractivity contribution in [3.8, 4) is 11.8 Å². The minimum Gasteiger partial charge on any atom is -0.464 e. The molecule has 2 aromatic heterocycles. The number of hydrogen-bond donors (Lipinski definition) is 3. The lowest BCUT2D eigenvalue weighted by atomic mass is 9.90. The number of hydrogen-bond acceptors (Lipinski definition) is 12. The molecule has 246 valence electrons. The molecule has 5 rings (SSSR count). The number of aliphatic hydroxyl groups excluding tert-OH is 1. The van der Waals surface area contributed by atoms with Crippen molar-refractivity contribution in [3.63, 3.8) is 0 Å². The van der Waals surface area contributed by atoms with Crippen LogP contribution in [-0.4, -0.2) is 92.7 Å². The summed E-state index contributed by atoms with van der Waals surface area (Å²) in [6, 6.07) is 12.1. The zero-order valence-corrected chi connectivity index (χ0v) is 27.1. The first-order valence-electron chi connectivity index (χ1n) is 14.9. The van der Waals surface area contributed by atoms with Crippen LogP contribution in [0.1, 0.15) is 39.3 Å². The number of esters is 1. The molecule has 15 nitrogen and oxygen atoms in total. The number of carbonyl (C=O) groups is 1. The van der Waals surface area contributed by atoms with Crippen molar-refractivity contribution in [2.45, 2.75) is 69.2 Å². The molecular formula is C30H38N7O8P. The number of ether oxygens (including phenoxy) is 2. The zero-order valence-electron chi connectivity index (χ0n) is 26.2. The van der Waals surface area contributed by atoms with Gasteiger partial charge in [-0.25, -0.2) is 19.1 Å². The molecule has 1 aromatic carbocycles. The monoisotopic (exact) mass is 655 g/mol. The Kier molecular flexibility index (Phi) is 9.51. The highest BCUT2D eigenvalue weighted by molar-refractivity contribution is 7.52. The van der Waals surface area contributed by atoms with Crippen molar-refractivity contribution in [2.75, 3.05) is 20.7 Å². The van der Waals surface area contributed by atoms with Gasteiger partial charge in [0.15, 0.2) is 11.4 Å². The summed E-state index contributed by atoms with van der Waals surface area (Å²) in [6.07, 6.45) is -0.0901. The van der Waals surface area contributed by atoms with Crippen LogP contribution in [0.3, 0.4) is 0 Å². The zero-order chi connectivity index (χ0) is 33.3. The molecule has 3 heterocycles. The smallest absolute Gasteiger partial charge is 0.459 e. The molecule has 0 amide bonds. The van der Waals surface area contributed by atoms with Gasteiger partial charge in [0.2, 0.25) is 5.60 Å². The van der Waals surface area contributed by atoms with E-state index in [4.69, 9.17) is 18.5 Å². The molecule has 1 saturated carbocycles. The first-order valence-corrected chi connectivity index (χ1v) is 16.5. The van der Waals surface area contributed by atoms with Crippen molar-refractivity contribution < 1.29 is 38.1 Å². The fourth-order valence-corrected chi connectivity index (χ4v) is 7.05. The van der Waals surface area contributed by atoms with Crippen LogP contribution in [-0.2, 0) is 29.0 Å². The topological polar surface area (TPSA) is 193 Å². The Bertz CT molecular complexity index is 1680. The van der Waals surface area contributed by atoms with Crippen LogP contribution in [0.15, 0.2) is 53.8 Å². The lowest BCUT2D eigenvalue weighted by Gasteiger charge is -2.30. The number of nitrogens with one attached hydrogen (secondary N) is 1. The molecule has 1 aliphatic heterocycles. The molecule has 16 heteroatoms. The lowest BCUT2D eigenvalue weighted by Crippen LogP contribution is -2.47. The summed E-state index contributed by atoms with van der Waals surface area (Å²) >= 11 is 0. The molecule has 1 saturated heterocycles. The second-order valence-corrected chi connectivity index (χ2v) is 13.2. The summed E-state index contributed by atoms with van der Waals surface area (Å²) in [5.74, 6) is -0.0226. The maximum Gasteiger partial charge on any atom is 0.459 e. The molecule has 7 atom stereocenters. The summed E-state index contributed by atoms with van der Waals surface area (Å²) in [6.45, 7) is 5.65. The van der Waals surface area contributed by atoms with Gasteiger partial charge in [-0.3, -0.25) is 9.32 Å². The highest BCUT2D eigenvalue weighted by Gasteiger charge is 2.83. The molecule has 46 heavy (non-hydrogen) atoms. The summed E-state index contributed by atoms with van der Waals surface area (Å²) in [5, 5.41) is 40.2. The van der Waals surface area contributed by atoms with E-state index in [0.717, 1.165) is 12.8 Å². The SMILES string of the molecule is CCC(CC)COC(=O)[C@H](C)N[P@@](=O)(Oc1ccccc1)OC1[C@H]2O[C@@](C#N)(c3ccc4c(N=CN(C)C)ncnn34)[C@H](O)[C@@]12O. The summed E-state index contributed by atoms with van der Waals surface area (Å²) in [5.41, 5.74) is -3.69. The van der Waals surface area contributed by atoms with Gasteiger partial charge in [-0.1, -0.05) is 44.9 Å². The Balaban J connectivity index is 1.38. The van der Waals surface area contributed by atoms with Crippen LogP contribution >= 0.6 is 7.75 Å². The van der Waals surface area contributed by atoms with E-state index in [-0.39, 0.29) is 24.0 Å². The molecular weight excluding hydrogens is 617 g/mol. The van der Waals surface area contributed by atoms with Crippen LogP contribution < -0.4 is 9.61 Å². The maximum absolute atomic E-state index is 14.1. The van der Waals surface area contributed by atoms with Gasteiger partial charge in [0.05, 0.1) is 18.6 Å². The summed E-state index contributed by atoms with van der Waals surface area (Å²) < 4.78 is 38.5. The first kappa shape index (κ1) is 33.5. The minimum absolute atomic E-state index is 0.122. The van der Waals surface area contributed by atoms with E-state index in [1.165, 1.54) is 23.8 Å². The van der Waals surface area contributed by atoms with Crippen LogP contribution in [0.25, 0.3) is 5.52 Å². The Hall–Kier alpha value is -3.90. The predicted octanol–water partition coefficient (Wildman–Crippen LogP) is 2.70. The normalized spacial score (nSPS) is 27.2. The number of nitrogens with zero attached hydrogens (tertiary/aromatic N) is 6. The Labute approximate surface area is 266 Å². The standard InChI is InChI=1S/C30H38N7O8P/c1-6-20(7-2)15-42-27(38)19(3)35-46(41,44-21-11-9-8-10-12-21)45-25-24-30(25,40)28(39)29(16-31,43-24)23-14-13-22-26(33-18-36(4)5)32-17-34-37(22)23/h8-14,17-20,24-25,28,39-40H,6-7,15H2,1-5H3,(H,35,41)/t19-,24+,25?,28-,29-,30-,46+/m0/s1. The quantitative estimate of drug-likeness (QED) is 0.0994. The molecule has 1 unspecified atom stereocenters. The number of benzene rings is 1. The number of para-hydroxylation sites is 1. The van der Waals surface area contributed by atoms with Gasteiger partial charge in [0.1, 0.15) is 48.0 Å². The minimum atomic E-state index is -4.43. The number of rotatable bonds is 14. The third kappa shape index (κ3) is 6.12. The van der Waals surface area contributed by atoms with E-state index in [1.54, 1.807) is 61.7 Å². The predicted molar refractivity (Wildman–Crippen MR) is 165 cm³/mol. The Morgan fingerprint density at radius 1 is 1.28 bits per heavy atom. The largest absolute Gasteiger partial charge is 0.464 e. The molecule has 2 aliphatic rings. The summed E-state index contributed by atoms with van der Waals surface area (Å²) in [4.78, 5) is 23.0. The van der Waals surface area contributed by atoms with Gasteiger partial charge >= 0.3 is 13.7 Å². The molecule has 2 fully saturated rings. The van der Waals surface area contributed by atoms with Crippen LogP contribution in [0.5, 0.6) is 5.75 Å². The van der Waals surface area contributed by atoms with E-state index in [9.17, 15) is 24.8 Å². The third-order valence-corrected chi connectivity index (χ3v) is 9.80. The molecule has 0 bridgehead atoms. The van der Waals surface area contributed by atoms with Crippen molar-refractivity contribution in [1.82, 2.24) is 24.6 Å². The van der Waals surface area contributed by atoms with Gasteiger partial charge in [-0.2, -0.15) is 15.4 Å². The van der Waals surface area contributed by atoms with E-state index in [2.05, 4.69) is 20.2 Å². The van der Waals surface area contributed by atoms with Gasteiger partial charge in [0.25, 0.3) is 0 Å². The maximum atomic E-state index is 14.1. The van der Waals surface area contributed by atoms with E-state index >= 15 is 0 Å². The van der Waals surface area contributed by atoms with Crippen molar-refractivity contribution >= 4 is 31.4 Å². The number of nitriles is 1.